The number of aliphatic hydroxyl groups excluding tert-OH is 5. The van der Waals surface area contributed by atoms with E-state index < -0.39 is 64.3 Å². The van der Waals surface area contributed by atoms with E-state index in [-0.39, 0.29) is 17.8 Å². The average Bonchev–Trinajstić information content (AvgIpc) is 3.00. The van der Waals surface area contributed by atoms with Crippen molar-refractivity contribution in [1.29, 1.82) is 0 Å². The molecule has 4 unspecified atom stereocenters. The van der Waals surface area contributed by atoms with Crippen molar-refractivity contribution in [1.82, 2.24) is 5.32 Å². The van der Waals surface area contributed by atoms with E-state index in [1.807, 2.05) is 6.08 Å². The lowest BCUT2D eigenvalue weighted by molar-refractivity contribution is -0.393. The number of unbranched alkanes of at least 4 members (excludes halogenated alkanes) is 11. The number of non-ortho nitro benzene ring substituents is 1. The van der Waals surface area contributed by atoms with Crippen LogP contribution in [0, 0.1) is 20.2 Å². The zero-order valence-electron chi connectivity index (χ0n) is 25.6. The molecule has 1 aromatic carbocycles. The molecule has 6 atom stereocenters. The van der Waals surface area contributed by atoms with Gasteiger partial charge in [0.2, 0.25) is 0 Å². The van der Waals surface area contributed by atoms with E-state index in [4.69, 9.17) is 0 Å². The van der Waals surface area contributed by atoms with Crippen molar-refractivity contribution in [2.24, 2.45) is 0 Å². The third kappa shape index (κ3) is 12.2. The molecular weight excluding hydrogens is 572 g/mol. The van der Waals surface area contributed by atoms with Gasteiger partial charge >= 0.3 is 0 Å². The third-order valence-corrected chi connectivity index (χ3v) is 8.02. The number of allylic oxidation sites excluding steroid dienone is 1. The first-order chi connectivity index (χ1) is 21.1. The van der Waals surface area contributed by atoms with Crippen LogP contribution in [0.25, 0.3) is 0 Å². The fourth-order valence-electron chi connectivity index (χ4n) is 5.30. The maximum atomic E-state index is 11.7. The topological polar surface area (TPSA) is 211 Å². The zero-order valence-corrected chi connectivity index (χ0v) is 25.6. The molecule has 1 aliphatic rings. The Morgan fingerprint density at radius 3 is 2.09 bits per heavy atom. The molecule has 1 aromatic rings. The number of nitrogens with one attached hydrogen (secondary N) is 2. The summed E-state index contributed by atoms with van der Waals surface area (Å²) in [5, 5.41) is 79.9. The van der Waals surface area contributed by atoms with Crippen molar-refractivity contribution in [2.45, 2.75) is 120 Å². The summed E-state index contributed by atoms with van der Waals surface area (Å²) >= 11 is 0. The van der Waals surface area contributed by atoms with Gasteiger partial charge in [0, 0.05) is 12.6 Å². The number of nitrogens with zero attached hydrogens (tertiary/aromatic N) is 2. The number of nitro groups is 2. The first kappa shape index (κ1) is 37.2. The molecular formula is C31H50N4O9. The Labute approximate surface area is 259 Å². The third-order valence-electron chi connectivity index (χ3n) is 8.02. The van der Waals surface area contributed by atoms with Gasteiger partial charge < -0.3 is 36.2 Å². The highest BCUT2D eigenvalue weighted by Gasteiger charge is 2.37. The number of aliphatic hydroxyl groups is 5. The first-order valence-corrected chi connectivity index (χ1v) is 15.7. The molecule has 13 heteroatoms. The van der Waals surface area contributed by atoms with Crippen molar-refractivity contribution in [3.63, 3.8) is 0 Å². The Morgan fingerprint density at radius 1 is 0.909 bits per heavy atom. The van der Waals surface area contributed by atoms with Crippen molar-refractivity contribution in [3.05, 3.63) is 62.2 Å². The summed E-state index contributed by atoms with van der Waals surface area (Å²) in [6, 6.07) is 1.35. The minimum Gasteiger partial charge on any atom is -0.392 e. The highest BCUT2D eigenvalue weighted by atomic mass is 16.6. The average molecular weight is 623 g/mol. The second kappa shape index (κ2) is 20.2. The van der Waals surface area contributed by atoms with Gasteiger partial charge in [-0.15, -0.1) is 0 Å². The van der Waals surface area contributed by atoms with E-state index in [0.29, 0.717) is 0 Å². The van der Waals surface area contributed by atoms with Gasteiger partial charge in [0.15, 0.2) is 0 Å². The lowest BCUT2D eigenvalue weighted by Crippen LogP contribution is -2.56. The molecule has 0 amide bonds. The maximum Gasteiger partial charge on any atom is 0.299 e. The van der Waals surface area contributed by atoms with Crippen LogP contribution in [0.15, 0.2) is 42.0 Å². The lowest BCUT2D eigenvalue weighted by Gasteiger charge is -2.35. The molecule has 0 bridgehead atoms. The molecule has 44 heavy (non-hydrogen) atoms. The Morgan fingerprint density at radius 2 is 1.52 bits per heavy atom. The second-order valence-corrected chi connectivity index (χ2v) is 11.5. The van der Waals surface area contributed by atoms with Crippen LogP contribution in [0.3, 0.4) is 0 Å². The number of benzene rings is 1. The van der Waals surface area contributed by atoms with Crippen molar-refractivity contribution in [2.75, 3.05) is 18.5 Å². The molecule has 7 N–H and O–H groups in total. The summed E-state index contributed by atoms with van der Waals surface area (Å²) in [6.45, 7) is 1.61. The molecule has 1 aliphatic carbocycles. The number of nitro benzene ring substituents is 2. The van der Waals surface area contributed by atoms with Crippen LogP contribution >= 0.6 is 0 Å². The van der Waals surface area contributed by atoms with E-state index in [1.54, 1.807) is 6.08 Å². The number of rotatable bonds is 22. The van der Waals surface area contributed by atoms with Crippen LogP contribution in [0.5, 0.6) is 0 Å². The molecule has 0 aliphatic heterocycles. The van der Waals surface area contributed by atoms with Crippen LogP contribution in [0.4, 0.5) is 17.1 Å². The standard InChI is InChI=1S/C31H50N4O9/c1-2-3-4-5-6-7-8-9-10-11-12-13-14-15-28(37)26(20-32-25-18-22(21-36)29(38)31(40)30(25)39)33-24-17-16-23(34(41)42)19-27(24)35(43)44/h14-19,25-26,28-33,36-40H,2-13,20-21H2,1H3/b15-14-/t25?,26?,28-,29?,30+,31?/m1/s1. The summed E-state index contributed by atoms with van der Waals surface area (Å²) in [7, 11) is 0. The van der Waals surface area contributed by atoms with E-state index >= 15 is 0 Å². The number of hydrogen-bond acceptors (Lipinski definition) is 11. The van der Waals surface area contributed by atoms with Crippen molar-refractivity contribution in [3.8, 4) is 0 Å². The molecule has 2 rings (SSSR count). The second-order valence-electron chi connectivity index (χ2n) is 11.5. The molecule has 248 valence electrons. The van der Waals surface area contributed by atoms with Gasteiger partial charge in [-0.1, -0.05) is 89.4 Å². The summed E-state index contributed by atoms with van der Waals surface area (Å²) in [5.74, 6) is 0. The molecule has 0 heterocycles. The van der Waals surface area contributed by atoms with Crippen LogP contribution in [-0.2, 0) is 0 Å². The summed E-state index contributed by atoms with van der Waals surface area (Å²) in [4.78, 5) is 21.3. The van der Waals surface area contributed by atoms with Crippen LogP contribution in [0.1, 0.15) is 84.0 Å². The predicted molar refractivity (Wildman–Crippen MR) is 168 cm³/mol. The number of hydrogen-bond donors (Lipinski definition) is 7. The van der Waals surface area contributed by atoms with Gasteiger partial charge in [0.05, 0.1) is 40.7 Å². The highest BCUT2D eigenvalue weighted by Crippen LogP contribution is 2.30. The van der Waals surface area contributed by atoms with E-state index in [9.17, 15) is 45.8 Å². The minimum absolute atomic E-state index is 0.0450. The van der Waals surface area contributed by atoms with E-state index in [0.717, 1.165) is 37.8 Å². The molecule has 0 saturated heterocycles. The molecule has 0 radical (unpaired) electrons. The van der Waals surface area contributed by atoms with Crippen LogP contribution in [-0.4, -0.2) is 85.0 Å². The predicted octanol–water partition coefficient (Wildman–Crippen LogP) is 3.87. The SMILES string of the molecule is CCCCCCCCCCCCC/C=C\[C@@H](O)C(CNC1C=C(CO)C(O)C(O)[C@H]1O)Nc1ccc([N+](=O)[O-])cc1[N+](=O)[O-]. The molecule has 0 aromatic heterocycles. The Hall–Kier alpha value is -2.94. The minimum atomic E-state index is -1.56. The van der Waals surface area contributed by atoms with Gasteiger partial charge in [-0.25, -0.2) is 0 Å². The first-order valence-electron chi connectivity index (χ1n) is 15.7. The molecule has 13 nitrogen and oxygen atoms in total. The fourth-order valence-corrected chi connectivity index (χ4v) is 5.30. The normalized spacial score (nSPS) is 21.6. The summed E-state index contributed by atoms with van der Waals surface area (Å²) in [6.07, 6.45) is 13.4. The monoisotopic (exact) mass is 622 g/mol. The van der Waals surface area contributed by atoms with E-state index in [1.165, 1.54) is 63.5 Å². The van der Waals surface area contributed by atoms with Gasteiger partial charge in [-0.05, 0) is 24.5 Å². The summed E-state index contributed by atoms with van der Waals surface area (Å²) in [5.41, 5.74) is -0.927. The Bertz CT molecular complexity index is 1080. The zero-order chi connectivity index (χ0) is 32.5. The maximum absolute atomic E-state index is 11.7. The summed E-state index contributed by atoms with van der Waals surface area (Å²) < 4.78 is 0. The Kier molecular flexibility index (Phi) is 17.1. The Balaban J connectivity index is 2.01. The van der Waals surface area contributed by atoms with Crippen molar-refractivity contribution < 1.29 is 35.4 Å². The van der Waals surface area contributed by atoms with E-state index in [2.05, 4.69) is 17.6 Å². The van der Waals surface area contributed by atoms with Gasteiger partial charge in [0.25, 0.3) is 11.4 Å². The highest BCUT2D eigenvalue weighted by molar-refractivity contribution is 5.65. The van der Waals surface area contributed by atoms with Crippen LogP contribution in [0.2, 0.25) is 0 Å². The van der Waals surface area contributed by atoms with Crippen LogP contribution < -0.4 is 10.6 Å². The van der Waals surface area contributed by atoms with Gasteiger partial charge in [-0.3, -0.25) is 20.2 Å². The smallest absolute Gasteiger partial charge is 0.299 e. The van der Waals surface area contributed by atoms with Crippen molar-refractivity contribution >= 4 is 17.1 Å². The molecule has 0 fully saturated rings. The van der Waals surface area contributed by atoms with Gasteiger partial charge in [0.1, 0.15) is 24.0 Å². The lowest BCUT2D eigenvalue weighted by atomic mass is 9.88. The quantitative estimate of drug-likeness (QED) is 0.0427. The number of anilines is 1. The molecule has 0 spiro atoms. The van der Waals surface area contributed by atoms with Gasteiger partial charge in [-0.2, -0.15) is 0 Å². The fraction of sp³-hybridized carbons (Fsp3) is 0.677. The largest absolute Gasteiger partial charge is 0.392 e. The molecule has 0 saturated carbocycles.